The number of hydrogen-bond donors (Lipinski definition) is 0. The van der Waals surface area contributed by atoms with Crippen LogP contribution in [0.1, 0.15) is 117 Å². The highest BCUT2D eigenvalue weighted by Crippen LogP contribution is 2.34. The Morgan fingerprint density at radius 1 is 0.562 bits per heavy atom. The highest BCUT2D eigenvalue weighted by atomic mass is 16.5. The van der Waals surface area contributed by atoms with Crippen molar-refractivity contribution in [2.24, 2.45) is 23.7 Å². The fourth-order valence-corrected chi connectivity index (χ4v) is 6.00. The third-order valence-electron chi connectivity index (χ3n) is 8.18. The van der Waals surface area contributed by atoms with E-state index < -0.39 is 0 Å². The zero-order valence-electron chi connectivity index (χ0n) is 21.2. The van der Waals surface area contributed by atoms with Gasteiger partial charge in [0.2, 0.25) is 0 Å². The molecule has 2 aliphatic carbocycles. The van der Waals surface area contributed by atoms with E-state index in [1.807, 2.05) is 0 Å². The standard InChI is InChI=1S/C30H50O2/c1-3-5-6-9-26-11-13-27(14-12-26)10-7-23-31-29-19-21-30(22-20-29)32-24-28-17-15-25(8-4-2)16-18-28/h19-22,25-28H,3-18,23-24H2,1-2H3/t25-,26-,27-,28-. The van der Waals surface area contributed by atoms with E-state index in [9.17, 15) is 0 Å². The Balaban J connectivity index is 1.23. The predicted molar refractivity (Wildman–Crippen MR) is 137 cm³/mol. The second-order valence-corrected chi connectivity index (χ2v) is 10.8. The van der Waals surface area contributed by atoms with Crippen molar-refractivity contribution in [2.75, 3.05) is 13.2 Å². The van der Waals surface area contributed by atoms with Gasteiger partial charge in [-0.2, -0.15) is 0 Å². The highest BCUT2D eigenvalue weighted by molar-refractivity contribution is 5.31. The summed E-state index contributed by atoms with van der Waals surface area (Å²) in [6, 6.07) is 8.32. The van der Waals surface area contributed by atoms with E-state index in [2.05, 4.69) is 38.1 Å². The second-order valence-electron chi connectivity index (χ2n) is 10.8. The van der Waals surface area contributed by atoms with E-state index in [0.29, 0.717) is 0 Å². The number of benzene rings is 1. The lowest BCUT2D eigenvalue weighted by Crippen LogP contribution is -2.20. The number of unbranched alkanes of at least 4 members (excludes halogenated alkanes) is 2. The van der Waals surface area contributed by atoms with Gasteiger partial charge in [0.25, 0.3) is 0 Å². The van der Waals surface area contributed by atoms with Crippen LogP contribution in [0.2, 0.25) is 0 Å². The molecule has 1 aromatic carbocycles. The first kappa shape index (κ1) is 25.4. The molecule has 32 heavy (non-hydrogen) atoms. The fourth-order valence-electron chi connectivity index (χ4n) is 6.00. The molecule has 0 aliphatic heterocycles. The van der Waals surface area contributed by atoms with Gasteiger partial charge in [0.1, 0.15) is 11.5 Å². The molecule has 0 aromatic heterocycles. The molecule has 2 fully saturated rings. The van der Waals surface area contributed by atoms with Crippen LogP contribution in [0, 0.1) is 23.7 Å². The summed E-state index contributed by atoms with van der Waals surface area (Å²) >= 11 is 0. The molecule has 0 unspecified atom stereocenters. The van der Waals surface area contributed by atoms with E-state index >= 15 is 0 Å². The summed E-state index contributed by atoms with van der Waals surface area (Å²) in [5.74, 6) is 5.64. The molecule has 2 nitrogen and oxygen atoms in total. The minimum atomic E-state index is 0.741. The van der Waals surface area contributed by atoms with E-state index in [1.54, 1.807) is 0 Å². The Kier molecular flexibility index (Phi) is 11.8. The van der Waals surface area contributed by atoms with Gasteiger partial charge in [-0.1, -0.05) is 90.9 Å². The van der Waals surface area contributed by atoms with Gasteiger partial charge >= 0.3 is 0 Å². The Bertz CT molecular complexity index is 579. The van der Waals surface area contributed by atoms with Crippen molar-refractivity contribution >= 4 is 0 Å². The molecule has 0 radical (unpaired) electrons. The summed E-state index contributed by atoms with van der Waals surface area (Å²) < 4.78 is 12.1. The molecule has 0 amide bonds. The van der Waals surface area contributed by atoms with Crippen molar-refractivity contribution in [3.63, 3.8) is 0 Å². The third kappa shape index (κ3) is 9.36. The molecular weight excluding hydrogens is 392 g/mol. The van der Waals surface area contributed by atoms with Crippen molar-refractivity contribution in [1.82, 2.24) is 0 Å². The Hall–Kier alpha value is -1.18. The lowest BCUT2D eigenvalue weighted by Gasteiger charge is -2.28. The quantitative estimate of drug-likeness (QED) is 0.267. The lowest BCUT2D eigenvalue weighted by atomic mass is 9.78. The summed E-state index contributed by atoms with van der Waals surface area (Å²) in [6.45, 7) is 6.34. The summed E-state index contributed by atoms with van der Waals surface area (Å²) in [7, 11) is 0. The summed E-state index contributed by atoms with van der Waals surface area (Å²) in [4.78, 5) is 0. The largest absolute Gasteiger partial charge is 0.494 e. The second kappa shape index (κ2) is 14.9. The molecule has 0 spiro atoms. The first-order chi connectivity index (χ1) is 15.8. The lowest BCUT2D eigenvalue weighted by molar-refractivity contribution is 0.178. The highest BCUT2D eigenvalue weighted by Gasteiger charge is 2.21. The molecule has 0 saturated heterocycles. The molecular formula is C30H50O2. The van der Waals surface area contributed by atoms with Crippen molar-refractivity contribution in [1.29, 1.82) is 0 Å². The van der Waals surface area contributed by atoms with Gasteiger partial charge in [-0.15, -0.1) is 0 Å². The molecule has 2 saturated carbocycles. The predicted octanol–water partition coefficient (Wildman–Crippen LogP) is 9.22. The molecule has 0 N–H and O–H groups in total. The maximum atomic E-state index is 6.08. The van der Waals surface area contributed by atoms with Crippen LogP contribution in [-0.2, 0) is 0 Å². The average molecular weight is 443 g/mol. The van der Waals surface area contributed by atoms with E-state index in [-0.39, 0.29) is 0 Å². The molecule has 0 bridgehead atoms. The van der Waals surface area contributed by atoms with Gasteiger partial charge in [-0.3, -0.25) is 0 Å². The van der Waals surface area contributed by atoms with Crippen molar-refractivity contribution in [3.8, 4) is 11.5 Å². The van der Waals surface area contributed by atoms with Gasteiger partial charge in [-0.05, 0) is 73.6 Å². The first-order valence-corrected chi connectivity index (χ1v) is 14.1. The smallest absolute Gasteiger partial charge is 0.119 e. The fraction of sp³-hybridized carbons (Fsp3) is 0.800. The van der Waals surface area contributed by atoms with Crippen molar-refractivity contribution < 1.29 is 9.47 Å². The average Bonchev–Trinajstić information content (AvgIpc) is 2.83. The van der Waals surface area contributed by atoms with Crippen molar-refractivity contribution in [2.45, 2.75) is 117 Å². The normalized spacial score (nSPS) is 26.1. The molecule has 0 heterocycles. The zero-order valence-corrected chi connectivity index (χ0v) is 21.2. The monoisotopic (exact) mass is 442 g/mol. The Morgan fingerprint density at radius 3 is 1.62 bits per heavy atom. The van der Waals surface area contributed by atoms with Crippen LogP contribution < -0.4 is 9.47 Å². The van der Waals surface area contributed by atoms with E-state index in [4.69, 9.17) is 9.47 Å². The van der Waals surface area contributed by atoms with Crippen LogP contribution in [0.15, 0.2) is 24.3 Å². The minimum absolute atomic E-state index is 0.741. The maximum absolute atomic E-state index is 6.08. The van der Waals surface area contributed by atoms with Gasteiger partial charge < -0.3 is 9.47 Å². The van der Waals surface area contributed by atoms with Gasteiger partial charge in [-0.25, -0.2) is 0 Å². The number of ether oxygens (including phenoxy) is 2. The van der Waals surface area contributed by atoms with E-state index in [1.165, 1.54) is 103 Å². The van der Waals surface area contributed by atoms with Crippen LogP contribution in [0.4, 0.5) is 0 Å². The van der Waals surface area contributed by atoms with Crippen molar-refractivity contribution in [3.05, 3.63) is 24.3 Å². The van der Waals surface area contributed by atoms with E-state index in [0.717, 1.165) is 48.4 Å². The summed E-state index contributed by atoms with van der Waals surface area (Å²) in [6.07, 6.45) is 22.3. The summed E-state index contributed by atoms with van der Waals surface area (Å²) in [5, 5.41) is 0. The maximum Gasteiger partial charge on any atom is 0.119 e. The SMILES string of the molecule is CCCCC[C@H]1CC[C@H](CCCOc2ccc(OC[C@H]3CC[C@H](CCC)CC3)cc2)CC1. The molecule has 0 atom stereocenters. The van der Waals surface area contributed by atoms with Crippen LogP contribution in [0.25, 0.3) is 0 Å². The number of hydrogen-bond acceptors (Lipinski definition) is 2. The first-order valence-electron chi connectivity index (χ1n) is 14.1. The minimum Gasteiger partial charge on any atom is -0.494 e. The molecule has 2 heteroatoms. The van der Waals surface area contributed by atoms with Gasteiger partial charge in [0, 0.05) is 0 Å². The van der Waals surface area contributed by atoms with Gasteiger partial charge in [0.15, 0.2) is 0 Å². The molecule has 1 aromatic rings. The third-order valence-corrected chi connectivity index (χ3v) is 8.18. The zero-order chi connectivity index (χ0) is 22.4. The molecule has 3 rings (SSSR count). The number of rotatable bonds is 14. The van der Waals surface area contributed by atoms with Crippen LogP contribution in [0.3, 0.4) is 0 Å². The van der Waals surface area contributed by atoms with Crippen LogP contribution in [0.5, 0.6) is 11.5 Å². The van der Waals surface area contributed by atoms with Crippen LogP contribution >= 0.6 is 0 Å². The summed E-state index contributed by atoms with van der Waals surface area (Å²) in [5.41, 5.74) is 0. The molecule has 2 aliphatic rings. The van der Waals surface area contributed by atoms with Crippen LogP contribution in [-0.4, -0.2) is 13.2 Å². The topological polar surface area (TPSA) is 18.5 Å². The van der Waals surface area contributed by atoms with Gasteiger partial charge in [0.05, 0.1) is 13.2 Å². The molecule has 182 valence electrons. The Labute approximate surface area is 198 Å². The Morgan fingerprint density at radius 2 is 1.06 bits per heavy atom.